The number of Topliss-reactive ketones (excluding diaryl/α,β-unsaturated/α-hetero) is 1. The molecule has 37 heavy (non-hydrogen) atoms. The number of H-pyrrole nitrogens is 1. The third-order valence-corrected chi connectivity index (χ3v) is 5.62. The fraction of sp³-hybridized carbons (Fsp3) is 0.250. The van der Waals surface area contributed by atoms with E-state index < -0.39 is 23.9 Å². The number of ether oxygens (including phenoxy) is 4. The lowest BCUT2D eigenvalue weighted by atomic mass is 10.2. The molecular weight excluding hydrogens is 514 g/mol. The Balaban J connectivity index is 1.86. The van der Waals surface area contributed by atoms with Gasteiger partial charge in [-0.05, 0) is 19.1 Å². The molecule has 0 saturated carbocycles. The van der Waals surface area contributed by atoms with Gasteiger partial charge in [0.05, 0.1) is 23.4 Å². The van der Waals surface area contributed by atoms with E-state index in [1.165, 1.54) is 39.3 Å². The lowest BCUT2D eigenvalue weighted by Crippen LogP contribution is -2.16. The minimum Gasteiger partial charge on any atom is -0.496 e. The number of rotatable bonds is 9. The Kier molecular flexibility index (Phi) is 7.41. The van der Waals surface area contributed by atoms with E-state index in [1.807, 2.05) is 0 Å². The molecular formula is C24H21ClF2N4O6. The minimum absolute atomic E-state index is 0.0287. The van der Waals surface area contributed by atoms with Crippen molar-refractivity contribution in [2.45, 2.75) is 20.5 Å². The van der Waals surface area contributed by atoms with E-state index in [2.05, 4.69) is 15.0 Å². The van der Waals surface area contributed by atoms with Gasteiger partial charge in [0.2, 0.25) is 0 Å². The highest BCUT2D eigenvalue weighted by Gasteiger charge is 2.22. The molecule has 0 radical (unpaired) electrons. The van der Waals surface area contributed by atoms with Gasteiger partial charge in [0.25, 0.3) is 0 Å². The van der Waals surface area contributed by atoms with Gasteiger partial charge in [-0.2, -0.15) is 0 Å². The number of nitrogens with one attached hydrogen (secondary N) is 1. The molecule has 0 aliphatic carbocycles. The quantitative estimate of drug-likeness (QED) is 0.252. The van der Waals surface area contributed by atoms with Crippen LogP contribution >= 0.6 is 11.6 Å². The number of aromatic amines is 1. The van der Waals surface area contributed by atoms with E-state index in [-0.39, 0.29) is 68.8 Å². The molecule has 2 aromatic heterocycles. The second-order valence-corrected chi connectivity index (χ2v) is 8.18. The lowest BCUT2D eigenvalue weighted by molar-refractivity contribution is 0.0483. The second kappa shape index (κ2) is 10.5. The maximum atomic E-state index is 14.5. The van der Waals surface area contributed by atoms with Gasteiger partial charge >= 0.3 is 5.69 Å². The second-order valence-electron chi connectivity index (χ2n) is 7.77. The Morgan fingerprint density at radius 1 is 1.11 bits per heavy atom. The number of aryl methyl sites for hydroxylation is 1. The van der Waals surface area contributed by atoms with Crippen LogP contribution in [-0.4, -0.2) is 46.3 Å². The summed E-state index contributed by atoms with van der Waals surface area (Å²) in [6.07, 6.45) is 0. The van der Waals surface area contributed by atoms with Crippen LogP contribution in [0.2, 0.25) is 5.02 Å². The third-order valence-electron chi connectivity index (χ3n) is 5.31. The zero-order chi connectivity index (χ0) is 26.9. The van der Waals surface area contributed by atoms with Crippen LogP contribution < -0.4 is 19.9 Å². The van der Waals surface area contributed by atoms with Crippen LogP contribution in [0.5, 0.6) is 17.2 Å². The van der Waals surface area contributed by atoms with Gasteiger partial charge in [-0.3, -0.25) is 4.79 Å². The SMILES string of the molecule is COCOc1cc(Cl)c(-n2c(=O)[nH]c3c(C(C)=O)nc(C)nc32)cc1OCc1c(OC)ccc(F)c1F. The van der Waals surface area contributed by atoms with Crippen LogP contribution in [-0.2, 0) is 11.3 Å². The van der Waals surface area contributed by atoms with E-state index in [0.717, 1.165) is 10.6 Å². The molecule has 0 amide bonds. The molecule has 4 rings (SSSR count). The average Bonchev–Trinajstić information content (AvgIpc) is 3.18. The Bertz CT molecular complexity index is 1570. The molecule has 13 heteroatoms. The maximum absolute atomic E-state index is 14.5. The summed E-state index contributed by atoms with van der Waals surface area (Å²) >= 11 is 6.51. The Labute approximate surface area is 213 Å². The molecule has 0 saturated heterocycles. The molecule has 2 aromatic carbocycles. The zero-order valence-electron chi connectivity index (χ0n) is 20.1. The minimum atomic E-state index is -1.13. The average molecular weight is 535 g/mol. The summed E-state index contributed by atoms with van der Waals surface area (Å²) in [6, 6.07) is 4.95. The number of halogens is 3. The highest BCUT2D eigenvalue weighted by molar-refractivity contribution is 6.32. The number of fused-ring (bicyclic) bond motifs is 1. The van der Waals surface area contributed by atoms with Crippen molar-refractivity contribution in [2.75, 3.05) is 21.0 Å². The first-order chi connectivity index (χ1) is 17.7. The predicted molar refractivity (Wildman–Crippen MR) is 129 cm³/mol. The molecule has 0 fully saturated rings. The summed E-state index contributed by atoms with van der Waals surface area (Å²) in [6.45, 7) is 2.27. The van der Waals surface area contributed by atoms with Crippen molar-refractivity contribution < 1.29 is 32.5 Å². The normalized spacial score (nSPS) is 11.1. The van der Waals surface area contributed by atoms with Gasteiger partial charge in [-0.15, -0.1) is 0 Å². The number of carbonyl (C=O) groups is 1. The van der Waals surface area contributed by atoms with Crippen LogP contribution in [0.25, 0.3) is 16.9 Å². The molecule has 0 unspecified atom stereocenters. The topological polar surface area (TPSA) is 118 Å². The number of aromatic nitrogens is 4. The standard InChI is InChI=1S/C24H21ClF2N4O6/c1-11(32)21-22-23(29-12(2)28-21)31(24(33)30-22)16-8-19(18(7-14(16)25)37-10-34-3)36-9-13-17(35-4)6-5-15(26)20(13)27/h5-8H,9-10H2,1-4H3,(H,30,33). The number of carbonyl (C=O) groups excluding carboxylic acids is 1. The molecule has 10 nitrogen and oxygen atoms in total. The fourth-order valence-corrected chi connectivity index (χ4v) is 3.90. The first-order valence-electron chi connectivity index (χ1n) is 10.8. The maximum Gasteiger partial charge on any atom is 0.332 e. The molecule has 4 aromatic rings. The summed E-state index contributed by atoms with van der Waals surface area (Å²) in [4.78, 5) is 36.1. The number of nitrogens with zero attached hydrogens (tertiary/aromatic N) is 3. The van der Waals surface area contributed by atoms with Crippen LogP contribution in [0.3, 0.4) is 0 Å². The van der Waals surface area contributed by atoms with Crippen LogP contribution in [0, 0.1) is 18.6 Å². The number of hydrogen-bond donors (Lipinski definition) is 1. The van der Waals surface area contributed by atoms with Crippen molar-refractivity contribution in [3.63, 3.8) is 0 Å². The smallest absolute Gasteiger partial charge is 0.332 e. The molecule has 0 aliphatic heterocycles. The van der Waals surface area contributed by atoms with Gasteiger partial charge in [0.15, 0.2) is 41.4 Å². The van der Waals surface area contributed by atoms with Crippen molar-refractivity contribution in [3.8, 4) is 22.9 Å². The Morgan fingerprint density at radius 2 is 1.84 bits per heavy atom. The van der Waals surface area contributed by atoms with E-state index in [4.69, 9.17) is 30.5 Å². The van der Waals surface area contributed by atoms with Gasteiger partial charge in [0, 0.05) is 26.2 Å². The van der Waals surface area contributed by atoms with Crippen molar-refractivity contribution in [2.24, 2.45) is 0 Å². The number of hydrogen-bond acceptors (Lipinski definition) is 8. The molecule has 1 N–H and O–H groups in total. The van der Waals surface area contributed by atoms with Gasteiger partial charge < -0.3 is 23.9 Å². The monoisotopic (exact) mass is 534 g/mol. The molecule has 0 bridgehead atoms. The number of imidazole rings is 1. The molecule has 194 valence electrons. The van der Waals surface area contributed by atoms with E-state index >= 15 is 0 Å². The largest absolute Gasteiger partial charge is 0.496 e. The van der Waals surface area contributed by atoms with Gasteiger partial charge in [0.1, 0.15) is 29.4 Å². The van der Waals surface area contributed by atoms with Crippen LogP contribution in [0.4, 0.5) is 8.78 Å². The summed E-state index contributed by atoms with van der Waals surface area (Å²) in [5.74, 6) is -2.11. The zero-order valence-corrected chi connectivity index (χ0v) is 20.9. The van der Waals surface area contributed by atoms with Gasteiger partial charge in [-0.1, -0.05) is 11.6 Å². The van der Waals surface area contributed by atoms with E-state index in [1.54, 1.807) is 6.92 Å². The number of benzene rings is 2. The van der Waals surface area contributed by atoms with Crippen LogP contribution in [0.1, 0.15) is 28.8 Å². The first-order valence-corrected chi connectivity index (χ1v) is 11.1. The predicted octanol–water partition coefficient (Wildman–Crippen LogP) is 4.12. The van der Waals surface area contributed by atoms with Crippen molar-refractivity contribution in [1.82, 2.24) is 19.5 Å². The fourth-order valence-electron chi connectivity index (χ4n) is 3.67. The highest BCUT2D eigenvalue weighted by Crippen LogP contribution is 2.37. The Hall–Kier alpha value is -4.03. The molecule has 2 heterocycles. The number of ketones is 1. The molecule has 0 atom stereocenters. The van der Waals surface area contributed by atoms with Crippen molar-refractivity contribution in [1.29, 1.82) is 0 Å². The molecule has 0 spiro atoms. The summed E-state index contributed by atoms with van der Waals surface area (Å²) < 4.78 is 50.9. The lowest BCUT2D eigenvalue weighted by Gasteiger charge is -2.17. The summed E-state index contributed by atoms with van der Waals surface area (Å²) in [5.41, 5.74) is -0.410. The van der Waals surface area contributed by atoms with E-state index in [0.29, 0.717) is 0 Å². The summed E-state index contributed by atoms with van der Waals surface area (Å²) in [5, 5.41) is 0.0663. The third kappa shape index (κ3) is 4.98. The van der Waals surface area contributed by atoms with Gasteiger partial charge in [-0.25, -0.2) is 28.1 Å². The molecule has 0 aliphatic rings. The van der Waals surface area contributed by atoms with Crippen LogP contribution in [0.15, 0.2) is 29.1 Å². The van der Waals surface area contributed by atoms with Crippen molar-refractivity contribution in [3.05, 3.63) is 68.5 Å². The highest BCUT2D eigenvalue weighted by atomic mass is 35.5. The number of methoxy groups -OCH3 is 2. The van der Waals surface area contributed by atoms with Crippen molar-refractivity contribution >= 4 is 28.5 Å². The van der Waals surface area contributed by atoms with E-state index in [9.17, 15) is 18.4 Å². The first kappa shape index (κ1) is 26.0. The summed E-state index contributed by atoms with van der Waals surface area (Å²) in [7, 11) is 2.72. The Morgan fingerprint density at radius 3 is 2.51 bits per heavy atom.